The summed E-state index contributed by atoms with van der Waals surface area (Å²) >= 11 is 1.98. The standard InChI is InChI=1S/C12H17N7S/c1-13-10-15-11(18-4-2-7-20-8-6-18)17-12(16-10)19-5-3-14-9-19/h3,5,9H,2,4,6-8H2,1H3,(H,13,15,16,17). The monoisotopic (exact) mass is 291 g/mol. The SMILES string of the molecule is CNc1nc(N2CCCSCC2)nc(-n2ccnc2)n1. The quantitative estimate of drug-likeness (QED) is 0.906. The fourth-order valence-corrected chi connectivity index (χ4v) is 2.93. The van der Waals surface area contributed by atoms with E-state index in [-0.39, 0.29) is 0 Å². The van der Waals surface area contributed by atoms with Gasteiger partial charge in [-0.3, -0.25) is 4.57 Å². The first-order valence-corrected chi connectivity index (χ1v) is 7.77. The largest absolute Gasteiger partial charge is 0.357 e. The van der Waals surface area contributed by atoms with Crippen LogP contribution in [-0.2, 0) is 0 Å². The van der Waals surface area contributed by atoms with Crippen LogP contribution >= 0.6 is 11.8 Å². The second-order valence-corrected chi connectivity index (χ2v) is 5.66. The van der Waals surface area contributed by atoms with Crippen LogP contribution < -0.4 is 10.2 Å². The molecule has 2 aromatic rings. The minimum absolute atomic E-state index is 0.579. The van der Waals surface area contributed by atoms with E-state index >= 15 is 0 Å². The summed E-state index contributed by atoms with van der Waals surface area (Å²) in [5.41, 5.74) is 0. The van der Waals surface area contributed by atoms with Gasteiger partial charge in [-0.15, -0.1) is 0 Å². The number of hydrogen-bond donors (Lipinski definition) is 1. The molecular weight excluding hydrogens is 274 g/mol. The molecule has 1 fully saturated rings. The Morgan fingerprint density at radius 3 is 2.85 bits per heavy atom. The van der Waals surface area contributed by atoms with Crippen LogP contribution in [-0.4, -0.2) is 56.1 Å². The highest BCUT2D eigenvalue weighted by Gasteiger charge is 2.15. The molecule has 20 heavy (non-hydrogen) atoms. The van der Waals surface area contributed by atoms with Gasteiger partial charge in [-0.25, -0.2) is 4.98 Å². The average molecular weight is 291 g/mol. The van der Waals surface area contributed by atoms with E-state index < -0.39 is 0 Å². The Bertz CT molecular complexity index is 549. The summed E-state index contributed by atoms with van der Waals surface area (Å²) in [7, 11) is 1.81. The summed E-state index contributed by atoms with van der Waals surface area (Å²) in [5.74, 6) is 4.22. The van der Waals surface area contributed by atoms with Gasteiger partial charge in [0.1, 0.15) is 6.33 Å². The Morgan fingerprint density at radius 2 is 2.05 bits per heavy atom. The van der Waals surface area contributed by atoms with Crippen LogP contribution in [0.15, 0.2) is 18.7 Å². The van der Waals surface area contributed by atoms with E-state index in [0.717, 1.165) is 31.2 Å². The summed E-state index contributed by atoms with van der Waals surface area (Å²) in [5, 5.41) is 3.00. The van der Waals surface area contributed by atoms with Crippen LogP contribution in [0.5, 0.6) is 0 Å². The van der Waals surface area contributed by atoms with Gasteiger partial charge in [-0.1, -0.05) is 0 Å². The first kappa shape index (κ1) is 13.2. The fraction of sp³-hybridized carbons (Fsp3) is 0.500. The molecule has 1 aliphatic rings. The molecule has 0 spiro atoms. The van der Waals surface area contributed by atoms with Crippen LogP contribution in [0, 0.1) is 0 Å². The average Bonchev–Trinajstić information content (AvgIpc) is 2.89. The Balaban J connectivity index is 1.95. The third-order valence-corrected chi connectivity index (χ3v) is 4.12. The van der Waals surface area contributed by atoms with E-state index in [4.69, 9.17) is 0 Å². The highest BCUT2D eigenvalue weighted by atomic mass is 32.2. The Labute approximate surface area is 121 Å². The molecule has 7 nitrogen and oxygen atoms in total. The van der Waals surface area contributed by atoms with Crippen LogP contribution in [0.25, 0.3) is 5.95 Å². The van der Waals surface area contributed by atoms with Gasteiger partial charge in [0.05, 0.1) is 0 Å². The van der Waals surface area contributed by atoms with Crippen molar-refractivity contribution in [3.05, 3.63) is 18.7 Å². The first-order valence-electron chi connectivity index (χ1n) is 6.61. The fourth-order valence-electron chi connectivity index (χ4n) is 2.05. The van der Waals surface area contributed by atoms with Gasteiger partial charge < -0.3 is 10.2 Å². The number of aromatic nitrogens is 5. The van der Waals surface area contributed by atoms with E-state index in [1.54, 1.807) is 17.1 Å². The maximum absolute atomic E-state index is 4.57. The van der Waals surface area contributed by atoms with Crippen molar-refractivity contribution in [3.8, 4) is 5.95 Å². The molecule has 106 valence electrons. The minimum Gasteiger partial charge on any atom is -0.357 e. The molecule has 2 aromatic heterocycles. The lowest BCUT2D eigenvalue weighted by Gasteiger charge is -2.20. The zero-order chi connectivity index (χ0) is 13.8. The van der Waals surface area contributed by atoms with Crippen molar-refractivity contribution in [1.82, 2.24) is 24.5 Å². The van der Waals surface area contributed by atoms with Gasteiger partial charge in [0.15, 0.2) is 0 Å². The van der Waals surface area contributed by atoms with E-state index in [1.165, 1.54) is 5.75 Å². The van der Waals surface area contributed by atoms with E-state index in [9.17, 15) is 0 Å². The number of thioether (sulfide) groups is 1. The van der Waals surface area contributed by atoms with Gasteiger partial charge in [-0.2, -0.15) is 26.7 Å². The lowest BCUT2D eigenvalue weighted by molar-refractivity contribution is 0.767. The number of hydrogen-bond acceptors (Lipinski definition) is 7. The molecule has 3 heterocycles. The third-order valence-electron chi connectivity index (χ3n) is 3.08. The van der Waals surface area contributed by atoms with E-state index in [2.05, 4.69) is 30.2 Å². The van der Waals surface area contributed by atoms with Gasteiger partial charge in [0.2, 0.25) is 17.8 Å². The maximum Gasteiger partial charge on any atom is 0.241 e. The Hall–Kier alpha value is -1.83. The van der Waals surface area contributed by atoms with Crippen LogP contribution in [0.3, 0.4) is 0 Å². The lowest BCUT2D eigenvalue weighted by atomic mass is 10.4. The highest BCUT2D eigenvalue weighted by Crippen LogP contribution is 2.17. The first-order chi connectivity index (χ1) is 9.86. The molecule has 0 atom stereocenters. The summed E-state index contributed by atoms with van der Waals surface area (Å²) in [6.07, 6.45) is 6.39. The smallest absolute Gasteiger partial charge is 0.241 e. The van der Waals surface area contributed by atoms with Gasteiger partial charge in [0, 0.05) is 38.3 Å². The topological polar surface area (TPSA) is 71.8 Å². The van der Waals surface area contributed by atoms with Crippen LogP contribution in [0.1, 0.15) is 6.42 Å². The minimum atomic E-state index is 0.579. The normalized spacial score (nSPS) is 15.9. The molecule has 0 amide bonds. The van der Waals surface area contributed by atoms with Crippen LogP contribution in [0.4, 0.5) is 11.9 Å². The number of imidazole rings is 1. The van der Waals surface area contributed by atoms with Crippen molar-refractivity contribution in [2.75, 3.05) is 41.9 Å². The molecule has 0 bridgehead atoms. The molecular formula is C12H17N7S. The third kappa shape index (κ3) is 2.84. The van der Waals surface area contributed by atoms with Crippen molar-refractivity contribution >= 4 is 23.7 Å². The summed E-state index contributed by atoms with van der Waals surface area (Å²) in [6, 6.07) is 0. The zero-order valence-corrected chi connectivity index (χ0v) is 12.2. The van der Waals surface area contributed by atoms with Crippen molar-refractivity contribution in [2.45, 2.75) is 6.42 Å². The van der Waals surface area contributed by atoms with Crippen molar-refractivity contribution in [3.63, 3.8) is 0 Å². The van der Waals surface area contributed by atoms with Gasteiger partial charge in [-0.05, 0) is 12.2 Å². The molecule has 3 rings (SSSR count). The number of anilines is 2. The molecule has 0 radical (unpaired) electrons. The van der Waals surface area contributed by atoms with Gasteiger partial charge >= 0.3 is 0 Å². The maximum atomic E-state index is 4.57. The van der Waals surface area contributed by atoms with E-state index in [1.807, 2.05) is 25.0 Å². The number of nitrogens with one attached hydrogen (secondary N) is 1. The van der Waals surface area contributed by atoms with Gasteiger partial charge in [0.25, 0.3) is 0 Å². The Morgan fingerprint density at radius 1 is 1.15 bits per heavy atom. The second-order valence-electron chi connectivity index (χ2n) is 4.43. The van der Waals surface area contributed by atoms with Crippen molar-refractivity contribution < 1.29 is 0 Å². The lowest BCUT2D eigenvalue weighted by Crippen LogP contribution is -2.28. The highest BCUT2D eigenvalue weighted by molar-refractivity contribution is 7.99. The van der Waals surface area contributed by atoms with Crippen molar-refractivity contribution in [1.29, 1.82) is 0 Å². The predicted molar refractivity (Wildman–Crippen MR) is 80.7 cm³/mol. The summed E-state index contributed by atoms with van der Waals surface area (Å²) in [4.78, 5) is 19.7. The molecule has 1 saturated heterocycles. The molecule has 1 N–H and O–H groups in total. The molecule has 0 saturated carbocycles. The van der Waals surface area contributed by atoms with Crippen LogP contribution in [0.2, 0.25) is 0 Å². The summed E-state index contributed by atoms with van der Waals surface area (Å²) in [6.45, 7) is 1.96. The summed E-state index contributed by atoms with van der Waals surface area (Å²) < 4.78 is 1.79. The molecule has 0 aliphatic carbocycles. The molecule has 0 unspecified atom stereocenters. The molecule has 8 heteroatoms. The van der Waals surface area contributed by atoms with E-state index in [0.29, 0.717) is 11.9 Å². The number of nitrogens with zero attached hydrogens (tertiary/aromatic N) is 6. The number of rotatable bonds is 3. The second kappa shape index (κ2) is 6.08. The Kier molecular flexibility index (Phi) is 4.00. The predicted octanol–water partition coefficient (Wildman–Crippen LogP) is 1.04. The zero-order valence-electron chi connectivity index (χ0n) is 11.4. The molecule has 1 aliphatic heterocycles. The molecule has 0 aromatic carbocycles. The van der Waals surface area contributed by atoms with Crippen molar-refractivity contribution in [2.24, 2.45) is 0 Å².